The number of carbonyl (C=O) groups excluding carboxylic acids is 1. The Bertz CT molecular complexity index is 1210. The molecule has 0 fully saturated rings. The first-order chi connectivity index (χ1) is 13.6. The first-order valence-electron chi connectivity index (χ1n) is 9.39. The lowest BCUT2D eigenvalue weighted by Gasteiger charge is -2.11. The number of hydrogen-bond donors (Lipinski definition) is 1. The van der Waals surface area contributed by atoms with Crippen molar-refractivity contribution in [1.29, 1.82) is 0 Å². The van der Waals surface area contributed by atoms with E-state index in [4.69, 9.17) is 10.7 Å². The van der Waals surface area contributed by atoms with Gasteiger partial charge in [-0.3, -0.25) is 9.78 Å². The molecule has 0 spiro atoms. The summed E-state index contributed by atoms with van der Waals surface area (Å²) in [4.78, 5) is 23.7. The number of anilines is 1. The number of fused-ring (bicyclic) bond motifs is 2. The third-order valence-electron chi connectivity index (χ3n) is 5.37. The zero-order valence-electron chi connectivity index (χ0n) is 15.5. The van der Waals surface area contributed by atoms with E-state index in [1.807, 2.05) is 43.5 Å². The smallest absolute Gasteiger partial charge is 0.205 e. The van der Waals surface area contributed by atoms with Crippen LogP contribution >= 0.6 is 11.3 Å². The molecule has 0 saturated heterocycles. The molecule has 0 aliphatic heterocycles. The molecule has 0 bridgehead atoms. The number of pyridine rings is 2. The van der Waals surface area contributed by atoms with E-state index >= 15 is 0 Å². The Kier molecular flexibility index (Phi) is 3.98. The first kappa shape index (κ1) is 17.1. The van der Waals surface area contributed by atoms with Crippen molar-refractivity contribution in [2.45, 2.75) is 26.2 Å². The van der Waals surface area contributed by atoms with E-state index in [0.29, 0.717) is 16.1 Å². The predicted octanol–water partition coefficient (Wildman–Crippen LogP) is 4.97. The van der Waals surface area contributed by atoms with Crippen LogP contribution in [-0.2, 0) is 12.8 Å². The van der Waals surface area contributed by atoms with Gasteiger partial charge in [-0.25, -0.2) is 4.98 Å². The topological polar surface area (TPSA) is 68.9 Å². The van der Waals surface area contributed by atoms with Crippen LogP contribution in [0.2, 0.25) is 0 Å². The quantitative estimate of drug-likeness (QED) is 0.506. The lowest BCUT2D eigenvalue weighted by Crippen LogP contribution is -2.02. The van der Waals surface area contributed by atoms with Crippen LogP contribution in [0.4, 0.5) is 5.69 Å². The second kappa shape index (κ2) is 6.53. The number of rotatable bonds is 3. The molecule has 0 unspecified atom stereocenters. The standard InChI is InChI=1S/C23H19N3OS/c1-13-7-9-14(10-8-13)21(27)22-20(24)19-18(15-4-3-11-25-12-15)16-5-2-6-17(16)26-23(19)28-22/h3-4,7-12H,2,5-6,24H2,1H3. The summed E-state index contributed by atoms with van der Waals surface area (Å²) in [6, 6.07) is 11.6. The van der Waals surface area contributed by atoms with Gasteiger partial charge in [-0.15, -0.1) is 11.3 Å². The summed E-state index contributed by atoms with van der Waals surface area (Å²) in [7, 11) is 0. The average molecular weight is 385 g/mol. The second-order valence-electron chi connectivity index (χ2n) is 7.23. The van der Waals surface area contributed by atoms with Crippen molar-refractivity contribution < 1.29 is 4.79 Å². The highest BCUT2D eigenvalue weighted by molar-refractivity contribution is 7.21. The largest absolute Gasteiger partial charge is 0.397 e. The Balaban J connectivity index is 1.76. The van der Waals surface area contributed by atoms with E-state index in [-0.39, 0.29) is 5.78 Å². The van der Waals surface area contributed by atoms with Gasteiger partial charge in [0.2, 0.25) is 5.78 Å². The normalized spacial score (nSPS) is 13.0. The van der Waals surface area contributed by atoms with Gasteiger partial charge in [0, 0.05) is 40.2 Å². The van der Waals surface area contributed by atoms with Crippen LogP contribution < -0.4 is 5.73 Å². The Morgan fingerprint density at radius 1 is 1.14 bits per heavy atom. The molecule has 1 aromatic carbocycles. The van der Waals surface area contributed by atoms with Crippen LogP contribution in [0.15, 0.2) is 48.8 Å². The Morgan fingerprint density at radius 3 is 2.71 bits per heavy atom. The second-order valence-corrected chi connectivity index (χ2v) is 8.23. The summed E-state index contributed by atoms with van der Waals surface area (Å²) in [6.07, 6.45) is 6.69. The van der Waals surface area contributed by atoms with E-state index in [1.165, 1.54) is 16.9 Å². The van der Waals surface area contributed by atoms with Crippen LogP contribution in [0.5, 0.6) is 0 Å². The van der Waals surface area contributed by atoms with Crippen molar-refractivity contribution in [3.8, 4) is 11.1 Å². The molecule has 1 aliphatic carbocycles. The molecule has 4 nitrogen and oxygen atoms in total. The highest BCUT2D eigenvalue weighted by Crippen LogP contribution is 2.44. The van der Waals surface area contributed by atoms with Crippen molar-refractivity contribution in [1.82, 2.24) is 9.97 Å². The Hall–Kier alpha value is -3.05. The summed E-state index contributed by atoms with van der Waals surface area (Å²) >= 11 is 1.40. The highest BCUT2D eigenvalue weighted by Gasteiger charge is 2.26. The number of carbonyl (C=O) groups is 1. The van der Waals surface area contributed by atoms with Gasteiger partial charge in [0.25, 0.3) is 0 Å². The number of nitrogen functional groups attached to an aromatic ring is 1. The van der Waals surface area contributed by atoms with Gasteiger partial charge < -0.3 is 5.73 Å². The molecule has 4 aromatic rings. The molecular weight excluding hydrogens is 366 g/mol. The van der Waals surface area contributed by atoms with Gasteiger partial charge >= 0.3 is 0 Å². The predicted molar refractivity (Wildman–Crippen MR) is 114 cm³/mol. The minimum Gasteiger partial charge on any atom is -0.397 e. The fourth-order valence-corrected chi connectivity index (χ4v) is 5.07. The molecule has 5 heteroatoms. The maximum atomic E-state index is 13.1. The van der Waals surface area contributed by atoms with Crippen LogP contribution in [0, 0.1) is 6.92 Å². The van der Waals surface area contributed by atoms with E-state index in [9.17, 15) is 4.79 Å². The molecule has 3 heterocycles. The fraction of sp³-hybridized carbons (Fsp3) is 0.174. The summed E-state index contributed by atoms with van der Waals surface area (Å²) in [5.41, 5.74) is 13.4. The van der Waals surface area contributed by atoms with E-state index < -0.39 is 0 Å². The van der Waals surface area contributed by atoms with Gasteiger partial charge in [-0.2, -0.15) is 0 Å². The Morgan fingerprint density at radius 2 is 1.96 bits per heavy atom. The Labute approximate surface area is 167 Å². The van der Waals surface area contributed by atoms with Gasteiger partial charge in [0.15, 0.2) is 0 Å². The number of aromatic nitrogens is 2. The summed E-state index contributed by atoms with van der Waals surface area (Å²) in [5, 5.41) is 0.897. The summed E-state index contributed by atoms with van der Waals surface area (Å²) < 4.78 is 0. The van der Waals surface area contributed by atoms with Crippen LogP contribution in [0.3, 0.4) is 0 Å². The number of nitrogens with two attached hydrogens (primary N) is 1. The molecule has 0 atom stereocenters. The molecule has 2 N–H and O–H groups in total. The molecule has 0 radical (unpaired) electrons. The minimum absolute atomic E-state index is 0.0437. The molecule has 5 rings (SSSR count). The molecule has 1 aliphatic rings. The van der Waals surface area contributed by atoms with Gasteiger partial charge in [-0.1, -0.05) is 35.9 Å². The van der Waals surface area contributed by atoms with Crippen molar-refractivity contribution >= 4 is 33.0 Å². The van der Waals surface area contributed by atoms with Gasteiger partial charge in [0.05, 0.1) is 5.69 Å². The maximum absolute atomic E-state index is 13.1. The number of thiophene rings is 1. The first-order valence-corrected chi connectivity index (χ1v) is 10.2. The fourth-order valence-electron chi connectivity index (χ4n) is 3.98. The lowest BCUT2D eigenvalue weighted by molar-refractivity contribution is 0.104. The molecule has 0 saturated carbocycles. The average Bonchev–Trinajstić information content (AvgIpc) is 3.31. The van der Waals surface area contributed by atoms with E-state index in [1.54, 1.807) is 6.20 Å². The van der Waals surface area contributed by atoms with Crippen molar-refractivity contribution in [3.05, 3.63) is 76.1 Å². The summed E-state index contributed by atoms with van der Waals surface area (Å²) in [6.45, 7) is 2.01. The number of nitrogens with zero attached hydrogens (tertiary/aromatic N) is 2. The highest BCUT2D eigenvalue weighted by atomic mass is 32.1. The van der Waals surface area contributed by atoms with Crippen molar-refractivity contribution in [2.24, 2.45) is 0 Å². The molecule has 0 amide bonds. The third kappa shape index (κ3) is 2.62. The van der Waals surface area contributed by atoms with Gasteiger partial charge in [0.1, 0.15) is 9.71 Å². The third-order valence-corrected chi connectivity index (χ3v) is 6.47. The number of hydrogen-bond acceptors (Lipinski definition) is 5. The van der Waals surface area contributed by atoms with Crippen LogP contribution in [-0.4, -0.2) is 15.8 Å². The van der Waals surface area contributed by atoms with Crippen molar-refractivity contribution in [2.75, 3.05) is 5.73 Å². The van der Waals surface area contributed by atoms with Gasteiger partial charge in [-0.05, 0) is 37.8 Å². The zero-order chi connectivity index (χ0) is 19.3. The van der Waals surface area contributed by atoms with E-state index in [2.05, 4.69) is 11.1 Å². The monoisotopic (exact) mass is 385 g/mol. The maximum Gasteiger partial charge on any atom is 0.205 e. The minimum atomic E-state index is -0.0437. The summed E-state index contributed by atoms with van der Waals surface area (Å²) in [5.74, 6) is -0.0437. The number of ketones is 1. The lowest BCUT2D eigenvalue weighted by atomic mass is 9.96. The number of benzene rings is 1. The van der Waals surface area contributed by atoms with E-state index in [0.717, 1.165) is 51.9 Å². The zero-order valence-corrected chi connectivity index (χ0v) is 16.3. The number of aryl methyl sites for hydroxylation is 2. The SMILES string of the molecule is Cc1ccc(C(=O)c2sc3nc4c(c(-c5cccnc5)c3c2N)CCC4)cc1. The molecule has 28 heavy (non-hydrogen) atoms. The molecular formula is C23H19N3OS. The molecule has 3 aromatic heterocycles. The molecule has 138 valence electrons. The van der Waals surface area contributed by atoms with Crippen LogP contribution in [0.25, 0.3) is 21.3 Å². The van der Waals surface area contributed by atoms with Crippen LogP contribution in [0.1, 0.15) is 38.5 Å². The van der Waals surface area contributed by atoms with Crippen molar-refractivity contribution in [3.63, 3.8) is 0 Å².